The van der Waals surface area contributed by atoms with Crippen molar-refractivity contribution in [3.63, 3.8) is 0 Å². The molecule has 0 amide bonds. The van der Waals surface area contributed by atoms with Crippen molar-refractivity contribution >= 4 is 29.9 Å². The van der Waals surface area contributed by atoms with Crippen LogP contribution in [0.4, 0.5) is 0 Å². The molecule has 1 aliphatic carbocycles. The Morgan fingerprint density at radius 1 is 1.19 bits per heavy atom. The Kier molecular flexibility index (Phi) is 9.89. The first-order chi connectivity index (χ1) is 12.8. The largest absolute Gasteiger partial charge is 0.359 e. The number of aryl methyl sites for hydroxylation is 1. The number of nitrogens with one attached hydrogen (secondary N) is 2. The highest BCUT2D eigenvalue weighted by molar-refractivity contribution is 14.0. The predicted octanol–water partition coefficient (Wildman–Crippen LogP) is 3.71. The minimum Gasteiger partial charge on any atom is -0.359 e. The third kappa shape index (κ3) is 6.93. The zero-order valence-electron chi connectivity index (χ0n) is 16.9. The fraction of sp³-hybridized carbons (Fsp3) is 0.800. The normalized spacial score (nSPS) is 20.3. The fourth-order valence-corrected chi connectivity index (χ4v) is 4.12. The van der Waals surface area contributed by atoms with Crippen molar-refractivity contribution in [2.75, 3.05) is 19.6 Å². The van der Waals surface area contributed by atoms with Crippen LogP contribution in [0.25, 0.3) is 0 Å². The number of piperidine rings is 1. The lowest BCUT2D eigenvalue weighted by Crippen LogP contribution is -2.50. The minimum atomic E-state index is 0. The molecule has 0 atom stereocenters. The van der Waals surface area contributed by atoms with E-state index in [0.29, 0.717) is 12.6 Å². The Morgan fingerprint density at radius 3 is 2.56 bits per heavy atom. The Labute approximate surface area is 180 Å². The van der Waals surface area contributed by atoms with Gasteiger partial charge in [-0.25, -0.2) is 4.99 Å². The van der Waals surface area contributed by atoms with E-state index in [9.17, 15) is 0 Å². The molecule has 27 heavy (non-hydrogen) atoms. The monoisotopic (exact) mass is 489 g/mol. The van der Waals surface area contributed by atoms with Gasteiger partial charge in [-0.3, -0.25) is 0 Å². The second kappa shape index (κ2) is 11.9. The van der Waals surface area contributed by atoms with Crippen molar-refractivity contribution in [2.24, 2.45) is 4.99 Å². The Morgan fingerprint density at radius 2 is 1.93 bits per heavy atom. The summed E-state index contributed by atoms with van der Waals surface area (Å²) in [5, 5.41) is 11.0. The van der Waals surface area contributed by atoms with E-state index >= 15 is 0 Å². The van der Waals surface area contributed by atoms with Crippen molar-refractivity contribution in [3.05, 3.63) is 17.5 Å². The van der Waals surface area contributed by atoms with Gasteiger partial charge in [-0.05, 0) is 39.0 Å². The maximum Gasteiger partial charge on any atom is 0.191 e. The average molecular weight is 489 g/mol. The van der Waals surface area contributed by atoms with Gasteiger partial charge in [0.05, 0.1) is 5.69 Å². The highest BCUT2D eigenvalue weighted by Gasteiger charge is 2.26. The number of hydrogen-bond acceptors (Lipinski definition) is 4. The number of hydrogen-bond donors (Lipinski definition) is 2. The lowest BCUT2D eigenvalue weighted by Gasteiger charge is -2.39. The van der Waals surface area contributed by atoms with E-state index < -0.39 is 0 Å². The fourth-order valence-electron chi connectivity index (χ4n) is 4.12. The van der Waals surface area contributed by atoms with Crippen LogP contribution < -0.4 is 10.6 Å². The summed E-state index contributed by atoms with van der Waals surface area (Å²) >= 11 is 0. The van der Waals surface area contributed by atoms with Crippen LogP contribution in [0.1, 0.15) is 70.2 Å². The summed E-state index contributed by atoms with van der Waals surface area (Å²) in [6, 6.07) is 3.34. The molecule has 3 rings (SSSR count). The molecule has 2 heterocycles. The van der Waals surface area contributed by atoms with Crippen molar-refractivity contribution in [1.82, 2.24) is 20.7 Å². The van der Waals surface area contributed by atoms with E-state index in [1.807, 2.05) is 6.07 Å². The second-order valence-electron chi connectivity index (χ2n) is 7.58. The van der Waals surface area contributed by atoms with Crippen LogP contribution in [0.3, 0.4) is 0 Å². The average Bonchev–Trinajstić information content (AvgIpc) is 3.16. The second-order valence-corrected chi connectivity index (χ2v) is 7.58. The molecule has 154 valence electrons. The van der Waals surface area contributed by atoms with Crippen LogP contribution >= 0.6 is 24.0 Å². The van der Waals surface area contributed by atoms with Crippen molar-refractivity contribution in [1.29, 1.82) is 0 Å². The summed E-state index contributed by atoms with van der Waals surface area (Å²) in [7, 11) is 0. The summed E-state index contributed by atoms with van der Waals surface area (Å²) < 4.78 is 5.34. The van der Waals surface area contributed by atoms with Gasteiger partial charge >= 0.3 is 0 Å². The Hall–Kier alpha value is -0.830. The number of aromatic nitrogens is 1. The molecule has 1 saturated carbocycles. The third-order valence-corrected chi connectivity index (χ3v) is 5.67. The standard InChI is InChI=1S/C20H35N5O.HI/c1-3-16-14-19(26-24-16)15-22-20(21-4-2)23-17-10-12-25(13-11-17)18-8-6-5-7-9-18;/h14,17-18H,3-13,15H2,1-2H3,(H2,21,22,23);1H. The summed E-state index contributed by atoms with van der Waals surface area (Å²) in [5.41, 5.74) is 0.989. The zero-order chi connectivity index (χ0) is 18.2. The van der Waals surface area contributed by atoms with Gasteiger partial charge in [0.25, 0.3) is 0 Å². The molecule has 2 fully saturated rings. The topological polar surface area (TPSA) is 65.7 Å². The molecule has 7 heteroatoms. The summed E-state index contributed by atoms with van der Waals surface area (Å²) in [5.74, 6) is 1.71. The van der Waals surface area contributed by atoms with Crippen LogP contribution in [0.2, 0.25) is 0 Å². The highest BCUT2D eigenvalue weighted by Crippen LogP contribution is 2.25. The van der Waals surface area contributed by atoms with Gasteiger partial charge in [-0.15, -0.1) is 24.0 Å². The first-order valence-electron chi connectivity index (χ1n) is 10.5. The lowest BCUT2D eigenvalue weighted by molar-refractivity contribution is 0.119. The van der Waals surface area contributed by atoms with Crippen LogP contribution in [-0.4, -0.2) is 47.7 Å². The van der Waals surface area contributed by atoms with Crippen molar-refractivity contribution < 1.29 is 4.52 Å². The first-order valence-corrected chi connectivity index (χ1v) is 10.5. The molecule has 0 unspecified atom stereocenters. The van der Waals surface area contributed by atoms with E-state index in [4.69, 9.17) is 4.52 Å². The molecule has 2 aliphatic rings. The number of nitrogens with zero attached hydrogens (tertiary/aromatic N) is 3. The van der Waals surface area contributed by atoms with E-state index in [1.54, 1.807) is 0 Å². The van der Waals surface area contributed by atoms with E-state index in [1.165, 1.54) is 58.0 Å². The first kappa shape index (κ1) is 22.5. The molecule has 1 aliphatic heterocycles. The van der Waals surface area contributed by atoms with Crippen LogP contribution in [0.15, 0.2) is 15.6 Å². The molecule has 0 spiro atoms. The van der Waals surface area contributed by atoms with Gasteiger partial charge in [-0.2, -0.15) is 0 Å². The van der Waals surface area contributed by atoms with Crippen molar-refractivity contribution in [2.45, 2.75) is 83.8 Å². The number of guanidine groups is 1. The molecule has 1 aromatic rings. The van der Waals surface area contributed by atoms with E-state index in [-0.39, 0.29) is 24.0 Å². The number of halogens is 1. The van der Waals surface area contributed by atoms with E-state index in [2.05, 4.69) is 39.5 Å². The Bertz CT molecular complexity index is 562. The van der Waals surface area contributed by atoms with Gasteiger partial charge in [-0.1, -0.05) is 31.3 Å². The van der Waals surface area contributed by atoms with Crippen molar-refractivity contribution in [3.8, 4) is 0 Å². The van der Waals surface area contributed by atoms with Crippen LogP contribution in [0, 0.1) is 0 Å². The summed E-state index contributed by atoms with van der Waals surface area (Å²) in [4.78, 5) is 7.41. The van der Waals surface area contributed by atoms with Crippen LogP contribution in [-0.2, 0) is 13.0 Å². The number of rotatable bonds is 6. The molecule has 1 saturated heterocycles. The van der Waals surface area contributed by atoms with Crippen LogP contribution in [0.5, 0.6) is 0 Å². The minimum absolute atomic E-state index is 0. The predicted molar refractivity (Wildman–Crippen MR) is 121 cm³/mol. The highest BCUT2D eigenvalue weighted by atomic mass is 127. The molecular weight excluding hydrogens is 453 g/mol. The third-order valence-electron chi connectivity index (χ3n) is 5.67. The Balaban J connectivity index is 0.00000261. The van der Waals surface area contributed by atoms with E-state index in [0.717, 1.165) is 36.4 Å². The van der Waals surface area contributed by atoms with Gasteiger partial charge in [0.1, 0.15) is 6.54 Å². The lowest BCUT2D eigenvalue weighted by atomic mass is 9.92. The summed E-state index contributed by atoms with van der Waals surface area (Å²) in [6.07, 6.45) is 10.4. The number of aliphatic imine (C=N–C) groups is 1. The molecule has 0 aromatic carbocycles. The molecule has 0 bridgehead atoms. The number of likely N-dealkylation sites (tertiary alicyclic amines) is 1. The quantitative estimate of drug-likeness (QED) is 0.363. The molecule has 2 N–H and O–H groups in total. The van der Waals surface area contributed by atoms with Gasteiger partial charge < -0.3 is 20.1 Å². The van der Waals surface area contributed by atoms with Gasteiger partial charge in [0.15, 0.2) is 11.7 Å². The molecule has 1 aromatic heterocycles. The maximum absolute atomic E-state index is 5.34. The molecule has 6 nitrogen and oxygen atoms in total. The molecule has 0 radical (unpaired) electrons. The molecular formula is C20H36IN5O. The SMILES string of the molecule is CCNC(=NCc1cc(CC)no1)NC1CCN(C2CCCCC2)CC1.I. The van der Waals surface area contributed by atoms with Gasteiger partial charge in [0, 0.05) is 37.8 Å². The zero-order valence-corrected chi connectivity index (χ0v) is 19.2. The summed E-state index contributed by atoms with van der Waals surface area (Å²) in [6.45, 7) is 8.00. The van der Waals surface area contributed by atoms with Gasteiger partial charge in [0.2, 0.25) is 0 Å². The smallest absolute Gasteiger partial charge is 0.191 e. The maximum atomic E-state index is 5.34.